The SMILES string of the molecule is O=C1Nc2cc(OC(F)(F)F)ccc2Oc2ccc(-c3cccc(N4CC[C@@H](O)C4)n3)cc21. The first-order valence-electron chi connectivity index (χ1n) is 10.2. The Morgan fingerprint density at radius 2 is 1.94 bits per heavy atom. The average Bonchev–Trinajstić information content (AvgIpc) is 3.15. The van der Waals surface area contributed by atoms with E-state index in [0.717, 1.165) is 18.0 Å². The van der Waals surface area contributed by atoms with Gasteiger partial charge in [-0.3, -0.25) is 4.79 Å². The Balaban J connectivity index is 1.44. The number of rotatable bonds is 3. The fourth-order valence-corrected chi connectivity index (χ4v) is 3.87. The molecule has 1 aromatic heterocycles. The molecular weight excluding hydrogens is 439 g/mol. The van der Waals surface area contributed by atoms with Gasteiger partial charge in [0.15, 0.2) is 5.75 Å². The average molecular weight is 457 g/mol. The number of alkyl halides is 3. The van der Waals surface area contributed by atoms with Crippen LogP contribution in [-0.4, -0.2) is 41.6 Å². The number of aromatic nitrogens is 1. The summed E-state index contributed by atoms with van der Waals surface area (Å²) >= 11 is 0. The molecule has 5 rings (SSSR count). The van der Waals surface area contributed by atoms with Gasteiger partial charge in [-0.1, -0.05) is 6.07 Å². The lowest BCUT2D eigenvalue weighted by Gasteiger charge is -2.17. The minimum absolute atomic E-state index is 0.0622. The summed E-state index contributed by atoms with van der Waals surface area (Å²) < 4.78 is 47.3. The fraction of sp³-hybridized carbons (Fsp3) is 0.217. The van der Waals surface area contributed by atoms with Crippen molar-refractivity contribution in [3.8, 4) is 28.5 Å². The number of carbonyl (C=O) groups excluding carboxylic acids is 1. The largest absolute Gasteiger partial charge is 0.573 e. The van der Waals surface area contributed by atoms with Crippen molar-refractivity contribution in [1.82, 2.24) is 4.98 Å². The Bertz CT molecular complexity index is 1230. The van der Waals surface area contributed by atoms with Gasteiger partial charge in [-0.25, -0.2) is 4.98 Å². The summed E-state index contributed by atoms with van der Waals surface area (Å²) in [4.78, 5) is 19.5. The standard InChI is InChI=1S/C23H18F3N3O4/c24-23(25,26)33-15-5-7-20-18(11-15)28-22(31)16-10-13(4-6-19(16)32-20)17-2-1-3-21(27-17)29-9-8-14(30)12-29/h1-7,10-11,14,30H,8-9,12H2,(H,28,31)/t14-/m1/s1. The maximum Gasteiger partial charge on any atom is 0.573 e. The third kappa shape index (κ3) is 4.42. The summed E-state index contributed by atoms with van der Waals surface area (Å²) in [6.07, 6.45) is -4.55. The monoisotopic (exact) mass is 457 g/mol. The van der Waals surface area contributed by atoms with E-state index in [9.17, 15) is 23.1 Å². The predicted octanol–water partition coefficient (Wildman–Crippen LogP) is 4.58. The lowest BCUT2D eigenvalue weighted by molar-refractivity contribution is -0.274. The highest BCUT2D eigenvalue weighted by atomic mass is 19.4. The normalized spacial score (nSPS) is 17.5. The second kappa shape index (κ2) is 7.96. The molecule has 0 spiro atoms. The van der Waals surface area contributed by atoms with Gasteiger partial charge in [0.25, 0.3) is 5.91 Å². The maximum atomic E-state index is 12.8. The van der Waals surface area contributed by atoms with Gasteiger partial charge < -0.3 is 24.8 Å². The van der Waals surface area contributed by atoms with Crippen LogP contribution in [0.15, 0.2) is 54.6 Å². The molecule has 7 nitrogen and oxygen atoms in total. The second-order valence-electron chi connectivity index (χ2n) is 7.74. The zero-order valence-corrected chi connectivity index (χ0v) is 17.1. The Morgan fingerprint density at radius 1 is 1.12 bits per heavy atom. The Labute approximate surface area is 186 Å². The zero-order valence-electron chi connectivity index (χ0n) is 17.1. The zero-order chi connectivity index (χ0) is 23.2. The molecule has 1 amide bonds. The predicted molar refractivity (Wildman–Crippen MR) is 114 cm³/mol. The van der Waals surface area contributed by atoms with Crippen molar-refractivity contribution in [2.45, 2.75) is 18.9 Å². The number of hydrogen-bond donors (Lipinski definition) is 2. The molecule has 2 aliphatic rings. The van der Waals surface area contributed by atoms with E-state index in [1.165, 1.54) is 6.07 Å². The number of amides is 1. The molecule has 1 saturated heterocycles. The van der Waals surface area contributed by atoms with Gasteiger partial charge in [0.1, 0.15) is 17.3 Å². The maximum absolute atomic E-state index is 12.8. The van der Waals surface area contributed by atoms with Gasteiger partial charge in [0, 0.05) is 24.7 Å². The van der Waals surface area contributed by atoms with E-state index in [1.807, 2.05) is 23.1 Å². The number of nitrogens with zero attached hydrogens (tertiary/aromatic N) is 2. The van der Waals surface area contributed by atoms with Crippen molar-refractivity contribution in [1.29, 1.82) is 0 Å². The van der Waals surface area contributed by atoms with Crippen LogP contribution in [0, 0.1) is 0 Å². The smallest absolute Gasteiger partial charge is 0.454 e. The van der Waals surface area contributed by atoms with E-state index in [-0.39, 0.29) is 28.9 Å². The topological polar surface area (TPSA) is 83.9 Å². The summed E-state index contributed by atoms with van der Waals surface area (Å²) in [7, 11) is 0. The summed E-state index contributed by atoms with van der Waals surface area (Å²) in [5, 5.41) is 12.4. The van der Waals surface area contributed by atoms with Crippen LogP contribution in [-0.2, 0) is 0 Å². The molecule has 2 aromatic carbocycles. The molecule has 1 atom stereocenters. The number of anilines is 2. The van der Waals surface area contributed by atoms with Crippen LogP contribution in [0.3, 0.4) is 0 Å². The number of carbonyl (C=O) groups is 1. The number of nitrogens with one attached hydrogen (secondary N) is 1. The summed E-state index contributed by atoms with van der Waals surface area (Å²) in [5.41, 5.74) is 1.58. The third-order valence-corrected chi connectivity index (χ3v) is 5.39. The lowest BCUT2D eigenvalue weighted by Crippen LogP contribution is -2.22. The number of pyridine rings is 1. The number of benzene rings is 2. The van der Waals surface area contributed by atoms with E-state index < -0.39 is 18.0 Å². The molecule has 10 heteroatoms. The lowest BCUT2D eigenvalue weighted by atomic mass is 10.1. The molecule has 0 unspecified atom stereocenters. The van der Waals surface area contributed by atoms with Gasteiger partial charge in [-0.15, -0.1) is 13.2 Å². The number of fused-ring (bicyclic) bond motifs is 2. The number of hydrogen-bond acceptors (Lipinski definition) is 6. The minimum atomic E-state index is -4.85. The summed E-state index contributed by atoms with van der Waals surface area (Å²) in [6.45, 7) is 1.21. The molecule has 3 heterocycles. The molecule has 2 aliphatic heterocycles. The van der Waals surface area contributed by atoms with E-state index in [1.54, 1.807) is 18.2 Å². The minimum Gasteiger partial charge on any atom is -0.454 e. The second-order valence-corrected chi connectivity index (χ2v) is 7.74. The first-order chi connectivity index (χ1) is 15.7. The van der Waals surface area contributed by atoms with E-state index in [2.05, 4.69) is 15.0 Å². The van der Waals surface area contributed by atoms with Crippen LogP contribution in [0.5, 0.6) is 17.2 Å². The van der Waals surface area contributed by atoms with Gasteiger partial charge in [-0.2, -0.15) is 0 Å². The molecule has 33 heavy (non-hydrogen) atoms. The number of β-amino-alcohol motifs (C(OH)–C–C–N with tert-alkyl or cyclic N) is 1. The van der Waals surface area contributed by atoms with Crippen LogP contribution in [0.4, 0.5) is 24.7 Å². The van der Waals surface area contributed by atoms with Gasteiger partial charge in [0.2, 0.25) is 0 Å². The van der Waals surface area contributed by atoms with Gasteiger partial charge in [0.05, 0.1) is 23.0 Å². The number of halogens is 3. The molecule has 2 N–H and O–H groups in total. The van der Waals surface area contributed by atoms with E-state index >= 15 is 0 Å². The van der Waals surface area contributed by atoms with Crippen LogP contribution in [0.2, 0.25) is 0 Å². The Morgan fingerprint density at radius 3 is 2.70 bits per heavy atom. The summed E-state index contributed by atoms with van der Waals surface area (Å²) in [6, 6.07) is 14.0. The van der Waals surface area contributed by atoms with Crippen molar-refractivity contribution in [3.63, 3.8) is 0 Å². The summed E-state index contributed by atoms with van der Waals surface area (Å²) in [5.74, 6) is 0.179. The Hall–Kier alpha value is -3.79. The Kier molecular flexibility index (Phi) is 5.09. The van der Waals surface area contributed by atoms with Crippen LogP contribution in [0.25, 0.3) is 11.3 Å². The van der Waals surface area contributed by atoms with Crippen LogP contribution < -0.4 is 19.7 Å². The number of aliphatic hydroxyl groups is 1. The van der Waals surface area contributed by atoms with E-state index in [0.29, 0.717) is 30.8 Å². The molecular formula is C23H18F3N3O4. The highest BCUT2D eigenvalue weighted by molar-refractivity contribution is 6.08. The molecule has 1 fully saturated rings. The van der Waals surface area contributed by atoms with E-state index in [4.69, 9.17) is 4.74 Å². The van der Waals surface area contributed by atoms with Crippen LogP contribution >= 0.6 is 0 Å². The molecule has 0 radical (unpaired) electrons. The fourth-order valence-electron chi connectivity index (χ4n) is 3.87. The van der Waals surface area contributed by atoms with Crippen molar-refractivity contribution in [2.75, 3.05) is 23.3 Å². The molecule has 3 aromatic rings. The molecule has 0 saturated carbocycles. The number of ether oxygens (including phenoxy) is 2. The van der Waals surface area contributed by atoms with Crippen molar-refractivity contribution in [2.24, 2.45) is 0 Å². The first kappa shape index (κ1) is 21.1. The molecule has 0 aliphatic carbocycles. The van der Waals surface area contributed by atoms with Gasteiger partial charge in [-0.05, 0) is 48.9 Å². The van der Waals surface area contributed by atoms with Crippen molar-refractivity contribution in [3.05, 3.63) is 60.2 Å². The third-order valence-electron chi connectivity index (χ3n) is 5.39. The van der Waals surface area contributed by atoms with Gasteiger partial charge >= 0.3 is 6.36 Å². The number of aliphatic hydroxyl groups excluding tert-OH is 1. The first-order valence-corrected chi connectivity index (χ1v) is 10.2. The van der Waals surface area contributed by atoms with Crippen molar-refractivity contribution < 1.29 is 32.5 Å². The molecule has 0 bridgehead atoms. The van der Waals surface area contributed by atoms with Crippen molar-refractivity contribution >= 4 is 17.4 Å². The highest BCUT2D eigenvalue weighted by Crippen LogP contribution is 2.40. The molecule has 170 valence electrons. The highest BCUT2D eigenvalue weighted by Gasteiger charge is 2.32. The van der Waals surface area contributed by atoms with Crippen LogP contribution in [0.1, 0.15) is 16.8 Å². The quantitative estimate of drug-likeness (QED) is 0.599.